The van der Waals surface area contributed by atoms with E-state index in [9.17, 15) is 14.7 Å². The highest BCUT2D eigenvalue weighted by Gasteiger charge is 2.48. The molecule has 0 radical (unpaired) electrons. The molecule has 0 aliphatic carbocycles. The number of benzene rings is 2. The number of carboxylic acid groups (broad SMARTS) is 1. The van der Waals surface area contributed by atoms with E-state index in [1.165, 1.54) is 0 Å². The number of quaternary nitrogens is 1. The summed E-state index contributed by atoms with van der Waals surface area (Å²) >= 11 is 0. The number of ether oxygens (including phenoxy) is 5. The molecule has 1 amide bonds. The lowest BCUT2D eigenvalue weighted by Crippen LogP contribution is -2.47. The Bertz CT molecular complexity index is 1280. The second-order valence-corrected chi connectivity index (χ2v) is 12.5. The lowest BCUT2D eigenvalue weighted by molar-refractivity contribution is -0.870. The first-order valence-electron chi connectivity index (χ1n) is 15.3. The Labute approximate surface area is 260 Å². The zero-order valence-corrected chi connectivity index (χ0v) is 26.9. The zero-order valence-electron chi connectivity index (χ0n) is 26.9. The first kappa shape index (κ1) is 33.2. The van der Waals surface area contributed by atoms with Crippen molar-refractivity contribution in [1.82, 2.24) is 9.80 Å². The molecule has 44 heavy (non-hydrogen) atoms. The van der Waals surface area contributed by atoms with Gasteiger partial charge in [0.1, 0.15) is 6.61 Å². The molecule has 11 heteroatoms. The third kappa shape index (κ3) is 8.06. The molecule has 2 aromatic carbocycles. The first-order valence-corrected chi connectivity index (χ1v) is 15.3. The Morgan fingerprint density at radius 2 is 1.73 bits per heavy atom. The predicted octanol–water partition coefficient (Wildman–Crippen LogP) is 3.71. The monoisotopic (exact) mass is 614 g/mol. The number of methoxy groups -OCH3 is 2. The van der Waals surface area contributed by atoms with Crippen molar-refractivity contribution in [2.75, 3.05) is 81.5 Å². The van der Waals surface area contributed by atoms with Crippen LogP contribution in [0.5, 0.6) is 28.7 Å². The van der Waals surface area contributed by atoms with Crippen LogP contribution in [0.3, 0.4) is 0 Å². The van der Waals surface area contributed by atoms with Gasteiger partial charge in [0.25, 0.3) is 0 Å². The van der Waals surface area contributed by atoms with Crippen molar-refractivity contribution in [3.8, 4) is 28.7 Å². The second kappa shape index (κ2) is 14.9. The summed E-state index contributed by atoms with van der Waals surface area (Å²) in [5.41, 5.74) is 0.751. The average Bonchev–Trinajstić information content (AvgIpc) is 3.61. The molecule has 2 heterocycles. The number of fused-ring (bicyclic) bond motifs is 1. The number of likely N-dealkylation sites (tertiary alicyclic amines) is 1. The minimum atomic E-state index is -0.957. The predicted molar refractivity (Wildman–Crippen MR) is 166 cm³/mol. The average molecular weight is 615 g/mol. The lowest BCUT2D eigenvalue weighted by atomic mass is 9.85. The van der Waals surface area contributed by atoms with Crippen molar-refractivity contribution in [2.45, 2.75) is 38.1 Å². The SMILES string of the molecule is CCCCN(CCC[N+](C)(C)C)C(=O)CN1C[C@H](c2cc(OC)c3c(c2)OCO3)[C@@H](C(=O)O)[C@@H]1COc1ccccc1OC. The summed E-state index contributed by atoms with van der Waals surface area (Å²) < 4.78 is 29.3. The molecule has 1 N–H and O–H groups in total. The summed E-state index contributed by atoms with van der Waals surface area (Å²) in [6.45, 7) is 4.98. The van der Waals surface area contributed by atoms with Crippen LogP contribution in [0.25, 0.3) is 0 Å². The minimum Gasteiger partial charge on any atom is -0.493 e. The van der Waals surface area contributed by atoms with E-state index >= 15 is 0 Å². The van der Waals surface area contributed by atoms with Gasteiger partial charge in [0.2, 0.25) is 18.4 Å². The summed E-state index contributed by atoms with van der Waals surface area (Å²) in [5, 5.41) is 10.6. The lowest BCUT2D eigenvalue weighted by Gasteiger charge is -2.30. The topological polar surface area (TPSA) is 107 Å². The molecule has 0 unspecified atom stereocenters. The van der Waals surface area contributed by atoms with Crippen LogP contribution in [0.2, 0.25) is 0 Å². The Balaban J connectivity index is 1.63. The molecule has 0 saturated carbocycles. The molecule has 1 saturated heterocycles. The van der Waals surface area contributed by atoms with Crippen LogP contribution >= 0.6 is 0 Å². The number of carbonyl (C=O) groups excluding carboxylic acids is 1. The van der Waals surface area contributed by atoms with Gasteiger partial charge < -0.3 is 38.2 Å². The summed E-state index contributed by atoms with van der Waals surface area (Å²) in [4.78, 5) is 30.7. The quantitative estimate of drug-likeness (QED) is 0.283. The molecule has 11 nitrogen and oxygen atoms in total. The number of carboxylic acids is 1. The van der Waals surface area contributed by atoms with Crippen LogP contribution in [-0.2, 0) is 9.59 Å². The third-order valence-corrected chi connectivity index (χ3v) is 8.35. The van der Waals surface area contributed by atoms with Crippen LogP contribution in [-0.4, -0.2) is 119 Å². The largest absolute Gasteiger partial charge is 0.493 e. The van der Waals surface area contributed by atoms with E-state index in [2.05, 4.69) is 28.1 Å². The minimum absolute atomic E-state index is 0.00444. The molecule has 0 bridgehead atoms. The molecule has 242 valence electrons. The van der Waals surface area contributed by atoms with Gasteiger partial charge in [0.15, 0.2) is 23.0 Å². The smallest absolute Gasteiger partial charge is 0.308 e. The van der Waals surface area contributed by atoms with E-state index in [-0.39, 0.29) is 25.9 Å². The van der Waals surface area contributed by atoms with Gasteiger partial charge in [-0.3, -0.25) is 14.5 Å². The van der Waals surface area contributed by atoms with Crippen molar-refractivity contribution in [1.29, 1.82) is 0 Å². The third-order valence-electron chi connectivity index (χ3n) is 8.35. The van der Waals surface area contributed by atoms with Crippen molar-refractivity contribution < 1.29 is 42.9 Å². The summed E-state index contributed by atoms with van der Waals surface area (Å²) in [6, 6.07) is 10.3. The molecule has 3 atom stereocenters. The van der Waals surface area contributed by atoms with E-state index in [1.807, 2.05) is 34.1 Å². The fraction of sp³-hybridized carbons (Fsp3) is 0.576. The number of nitrogens with zero attached hydrogens (tertiary/aromatic N) is 3. The second-order valence-electron chi connectivity index (χ2n) is 12.5. The van der Waals surface area contributed by atoms with Gasteiger partial charge in [0, 0.05) is 32.0 Å². The zero-order chi connectivity index (χ0) is 31.9. The summed E-state index contributed by atoms with van der Waals surface area (Å²) in [7, 11) is 9.54. The number of hydrogen-bond donors (Lipinski definition) is 1. The summed E-state index contributed by atoms with van der Waals surface area (Å²) in [6.07, 6.45) is 2.78. The molecule has 4 rings (SSSR count). The van der Waals surface area contributed by atoms with Gasteiger partial charge in [-0.15, -0.1) is 0 Å². The van der Waals surface area contributed by atoms with Crippen LogP contribution < -0.4 is 23.7 Å². The molecule has 2 aromatic rings. The van der Waals surface area contributed by atoms with E-state index in [4.69, 9.17) is 23.7 Å². The van der Waals surface area contributed by atoms with Gasteiger partial charge in [-0.1, -0.05) is 25.5 Å². The van der Waals surface area contributed by atoms with Gasteiger partial charge in [-0.25, -0.2) is 0 Å². The van der Waals surface area contributed by atoms with Crippen molar-refractivity contribution in [2.24, 2.45) is 5.92 Å². The van der Waals surface area contributed by atoms with E-state index in [1.54, 1.807) is 26.4 Å². The number of rotatable bonds is 16. The number of aliphatic carboxylic acids is 1. The number of carbonyl (C=O) groups is 2. The number of unbranched alkanes of at least 4 members (excludes halogenated alkanes) is 1. The summed E-state index contributed by atoms with van der Waals surface area (Å²) in [5.74, 6) is 0.313. The van der Waals surface area contributed by atoms with Gasteiger partial charge >= 0.3 is 5.97 Å². The molecule has 2 aliphatic heterocycles. The van der Waals surface area contributed by atoms with Gasteiger partial charge in [-0.05, 0) is 36.2 Å². The van der Waals surface area contributed by atoms with E-state index in [0.717, 1.165) is 35.9 Å². The fourth-order valence-electron chi connectivity index (χ4n) is 6.03. The van der Waals surface area contributed by atoms with Crippen LogP contribution in [0, 0.1) is 5.92 Å². The molecule has 2 aliphatic rings. The highest BCUT2D eigenvalue weighted by molar-refractivity contribution is 5.79. The van der Waals surface area contributed by atoms with Crippen molar-refractivity contribution >= 4 is 11.9 Å². The highest BCUT2D eigenvalue weighted by atomic mass is 16.7. The van der Waals surface area contributed by atoms with Crippen LogP contribution in [0.1, 0.15) is 37.7 Å². The molecular formula is C33H48N3O8+. The Hall–Kier alpha value is -3.70. The maximum Gasteiger partial charge on any atom is 0.308 e. The molecular weight excluding hydrogens is 566 g/mol. The number of para-hydroxylation sites is 2. The van der Waals surface area contributed by atoms with Crippen molar-refractivity contribution in [3.05, 3.63) is 42.0 Å². The highest BCUT2D eigenvalue weighted by Crippen LogP contribution is 2.47. The van der Waals surface area contributed by atoms with Crippen LogP contribution in [0.15, 0.2) is 36.4 Å². The standard InChI is InChI=1S/C33H47N3O8/c1-7-8-14-34(15-11-16-36(2,3)4)30(37)20-35-19-24(23-17-28(41-6)32-29(18-23)43-22-44-32)31(33(38)39)25(35)21-42-27-13-10-9-12-26(27)40-5/h9-10,12-13,17-18,24-25,31H,7-8,11,14-16,19-22H2,1-6H3/p+1/t24-,25+,31-/m1/s1. The Morgan fingerprint density at radius 3 is 2.39 bits per heavy atom. The maximum absolute atomic E-state index is 13.9. The first-order chi connectivity index (χ1) is 21.1. The van der Waals surface area contributed by atoms with Crippen LogP contribution in [0.4, 0.5) is 0 Å². The van der Waals surface area contributed by atoms with E-state index in [0.29, 0.717) is 48.4 Å². The number of amides is 1. The van der Waals surface area contributed by atoms with E-state index < -0.39 is 23.8 Å². The maximum atomic E-state index is 13.9. The fourth-order valence-corrected chi connectivity index (χ4v) is 6.03. The molecule has 0 aromatic heterocycles. The van der Waals surface area contributed by atoms with Gasteiger partial charge in [0.05, 0.1) is 60.4 Å². The molecule has 1 fully saturated rings. The Kier molecular flexibility index (Phi) is 11.2. The Morgan fingerprint density at radius 1 is 1.02 bits per heavy atom. The van der Waals surface area contributed by atoms with Gasteiger partial charge in [-0.2, -0.15) is 0 Å². The number of hydrogen-bond acceptors (Lipinski definition) is 8. The normalized spacial score (nSPS) is 19.5. The molecule has 0 spiro atoms. The van der Waals surface area contributed by atoms with Crippen molar-refractivity contribution in [3.63, 3.8) is 0 Å².